The van der Waals surface area contributed by atoms with Gasteiger partial charge in [-0.05, 0) is 49.9 Å². The minimum Gasteiger partial charge on any atom is -0.481 e. The lowest BCUT2D eigenvalue weighted by Crippen LogP contribution is -2.36. The van der Waals surface area contributed by atoms with Gasteiger partial charge in [-0.25, -0.2) is 0 Å². The van der Waals surface area contributed by atoms with Crippen LogP contribution in [0.15, 0.2) is 0 Å². The number of rotatable bonds is 13. The molecule has 0 fully saturated rings. The van der Waals surface area contributed by atoms with Crippen LogP contribution in [-0.2, 0) is 9.59 Å². The minimum atomic E-state index is -0.763. The Labute approximate surface area is 154 Å². The molecule has 0 aromatic carbocycles. The molecule has 0 aliphatic rings. The van der Waals surface area contributed by atoms with Crippen LogP contribution < -0.4 is 0 Å². The topological polar surface area (TPSA) is 74.6 Å². The maximum Gasteiger partial charge on any atom is 0.309 e. The molecular formula is C21H40O4. The van der Waals surface area contributed by atoms with Gasteiger partial charge in [0.05, 0.1) is 11.3 Å². The highest BCUT2D eigenvalue weighted by molar-refractivity contribution is 5.74. The molecule has 0 aromatic rings. The SMILES string of the molecule is CCCCC(C(=O)O)C(C)CC(C)(C)CC(C)(CC(C)CC)C(=O)O. The van der Waals surface area contributed by atoms with Gasteiger partial charge in [0, 0.05) is 0 Å². The van der Waals surface area contributed by atoms with Crippen LogP contribution in [0.1, 0.15) is 93.4 Å². The first-order valence-electron chi connectivity index (χ1n) is 9.84. The molecule has 0 aliphatic heterocycles. The average molecular weight is 357 g/mol. The van der Waals surface area contributed by atoms with E-state index in [0.29, 0.717) is 25.2 Å². The Hall–Kier alpha value is -1.06. The fourth-order valence-electron chi connectivity index (χ4n) is 4.37. The van der Waals surface area contributed by atoms with E-state index < -0.39 is 17.4 Å². The number of carbonyl (C=O) groups is 2. The third-order valence-electron chi connectivity index (χ3n) is 5.63. The van der Waals surface area contributed by atoms with Crippen molar-refractivity contribution in [2.45, 2.75) is 93.4 Å². The van der Waals surface area contributed by atoms with Crippen molar-refractivity contribution in [1.82, 2.24) is 0 Å². The summed E-state index contributed by atoms with van der Waals surface area (Å²) in [6.07, 6.45) is 5.55. The number of hydrogen-bond donors (Lipinski definition) is 2. The maximum atomic E-state index is 11.9. The number of aliphatic carboxylic acids is 2. The summed E-state index contributed by atoms with van der Waals surface area (Å²) in [5.74, 6) is -1.40. The second-order valence-electron chi connectivity index (χ2n) is 9.19. The summed E-state index contributed by atoms with van der Waals surface area (Å²) in [6, 6.07) is 0. The molecule has 0 bridgehead atoms. The average Bonchev–Trinajstić information content (AvgIpc) is 2.45. The standard InChI is InChI=1S/C21H40O4/c1-8-10-11-17(18(22)23)16(4)13-20(5,6)14-21(7,19(24)25)12-15(3)9-2/h15-17H,8-14H2,1-7H3,(H,22,23)(H,24,25). The molecule has 4 unspecified atom stereocenters. The van der Waals surface area contributed by atoms with Gasteiger partial charge < -0.3 is 10.2 Å². The smallest absolute Gasteiger partial charge is 0.309 e. The van der Waals surface area contributed by atoms with Crippen molar-refractivity contribution in [2.75, 3.05) is 0 Å². The summed E-state index contributed by atoms with van der Waals surface area (Å²) < 4.78 is 0. The Morgan fingerprint density at radius 2 is 1.56 bits per heavy atom. The molecule has 25 heavy (non-hydrogen) atoms. The third-order valence-corrected chi connectivity index (χ3v) is 5.63. The van der Waals surface area contributed by atoms with Gasteiger partial charge in [-0.3, -0.25) is 9.59 Å². The molecule has 2 N–H and O–H groups in total. The van der Waals surface area contributed by atoms with Crippen LogP contribution in [0.5, 0.6) is 0 Å². The Morgan fingerprint density at radius 1 is 1.00 bits per heavy atom. The zero-order chi connectivity index (χ0) is 19.8. The van der Waals surface area contributed by atoms with Crippen molar-refractivity contribution in [3.8, 4) is 0 Å². The van der Waals surface area contributed by atoms with Crippen molar-refractivity contribution in [1.29, 1.82) is 0 Å². The molecular weight excluding hydrogens is 316 g/mol. The summed E-state index contributed by atoms with van der Waals surface area (Å²) >= 11 is 0. The molecule has 0 heterocycles. The lowest BCUT2D eigenvalue weighted by Gasteiger charge is -2.38. The van der Waals surface area contributed by atoms with Crippen LogP contribution >= 0.6 is 0 Å². The van der Waals surface area contributed by atoms with Gasteiger partial charge in [0.2, 0.25) is 0 Å². The van der Waals surface area contributed by atoms with Crippen molar-refractivity contribution in [3.63, 3.8) is 0 Å². The first-order chi connectivity index (χ1) is 11.4. The first-order valence-corrected chi connectivity index (χ1v) is 9.84. The lowest BCUT2D eigenvalue weighted by molar-refractivity contribution is -0.152. The quantitative estimate of drug-likeness (QED) is 0.434. The Balaban J connectivity index is 5.13. The minimum absolute atomic E-state index is 0.0423. The predicted molar refractivity (Wildman–Crippen MR) is 103 cm³/mol. The van der Waals surface area contributed by atoms with E-state index in [-0.39, 0.29) is 17.3 Å². The van der Waals surface area contributed by atoms with Crippen LogP contribution in [0.25, 0.3) is 0 Å². The lowest BCUT2D eigenvalue weighted by atomic mass is 9.66. The number of unbranched alkanes of at least 4 members (excludes halogenated alkanes) is 1. The summed E-state index contributed by atoms with van der Waals surface area (Å²) in [7, 11) is 0. The van der Waals surface area contributed by atoms with E-state index in [1.807, 2.05) is 13.8 Å². The second kappa shape index (κ2) is 10.2. The zero-order valence-corrected chi connectivity index (χ0v) is 17.4. The molecule has 0 amide bonds. The van der Waals surface area contributed by atoms with Gasteiger partial charge in [-0.1, -0.05) is 60.8 Å². The van der Waals surface area contributed by atoms with Crippen molar-refractivity contribution in [3.05, 3.63) is 0 Å². The van der Waals surface area contributed by atoms with E-state index >= 15 is 0 Å². The highest BCUT2D eigenvalue weighted by Crippen LogP contribution is 2.44. The first kappa shape index (κ1) is 23.9. The van der Waals surface area contributed by atoms with E-state index in [4.69, 9.17) is 0 Å². The van der Waals surface area contributed by atoms with E-state index in [2.05, 4.69) is 34.6 Å². The van der Waals surface area contributed by atoms with Crippen LogP contribution in [0.3, 0.4) is 0 Å². The molecule has 0 aromatic heterocycles. The zero-order valence-electron chi connectivity index (χ0n) is 17.4. The van der Waals surface area contributed by atoms with Gasteiger partial charge in [-0.15, -0.1) is 0 Å². The van der Waals surface area contributed by atoms with E-state index in [1.165, 1.54) is 0 Å². The van der Waals surface area contributed by atoms with Gasteiger partial charge in [-0.2, -0.15) is 0 Å². The van der Waals surface area contributed by atoms with Crippen LogP contribution in [0, 0.1) is 28.6 Å². The van der Waals surface area contributed by atoms with Gasteiger partial charge in [0.15, 0.2) is 0 Å². The van der Waals surface area contributed by atoms with Crippen LogP contribution in [0.2, 0.25) is 0 Å². The highest BCUT2D eigenvalue weighted by atomic mass is 16.4. The highest BCUT2D eigenvalue weighted by Gasteiger charge is 2.41. The summed E-state index contributed by atoms with van der Waals surface area (Å²) in [5, 5.41) is 19.3. The predicted octanol–water partition coefficient (Wildman–Crippen LogP) is 5.85. The maximum absolute atomic E-state index is 11.9. The molecule has 148 valence electrons. The molecule has 0 spiro atoms. The molecule has 4 nitrogen and oxygen atoms in total. The second-order valence-corrected chi connectivity index (χ2v) is 9.19. The van der Waals surface area contributed by atoms with Gasteiger partial charge in [0.1, 0.15) is 0 Å². The normalized spacial score (nSPS) is 18.2. The van der Waals surface area contributed by atoms with Crippen molar-refractivity contribution in [2.24, 2.45) is 28.6 Å². The van der Waals surface area contributed by atoms with Crippen LogP contribution in [0.4, 0.5) is 0 Å². The number of carboxylic acid groups (broad SMARTS) is 2. The monoisotopic (exact) mass is 356 g/mol. The molecule has 0 saturated carbocycles. The molecule has 4 heteroatoms. The molecule has 4 atom stereocenters. The summed E-state index contributed by atoms with van der Waals surface area (Å²) in [6.45, 7) is 14.3. The van der Waals surface area contributed by atoms with Crippen molar-refractivity contribution < 1.29 is 19.8 Å². The van der Waals surface area contributed by atoms with Crippen LogP contribution in [-0.4, -0.2) is 22.2 Å². The van der Waals surface area contributed by atoms with Gasteiger partial charge in [0.25, 0.3) is 0 Å². The fraction of sp³-hybridized carbons (Fsp3) is 0.905. The number of hydrogen-bond acceptors (Lipinski definition) is 2. The van der Waals surface area contributed by atoms with Crippen molar-refractivity contribution >= 4 is 11.9 Å². The summed E-state index contributed by atoms with van der Waals surface area (Å²) in [5.41, 5.74) is -0.972. The van der Waals surface area contributed by atoms with Gasteiger partial charge >= 0.3 is 11.9 Å². The van der Waals surface area contributed by atoms with E-state index in [0.717, 1.165) is 25.7 Å². The largest absolute Gasteiger partial charge is 0.481 e. The Kier molecular flexibility index (Phi) is 9.75. The molecule has 0 aliphatic carbocycles. The number of carboxylic acids is 2. The molecule has 0 radical (unpaired) electrons. The third kappa shape index (κ3) is 8.24. The fourth-order valence-corrected chi connectivity index (χ4v) is 4.37. The van der Waals surface area contributed by atoms with E-state index in [9.17, 15) is 19.8 Å². The summed E-state index contributed by atoms with van der Waals surface area (Å²) in [4.78, 5) is 23.5. The van der Waals surface area contributed by atoms with E-state index in [1.54, 1.807) is 0 Å². The molecule has 0 saturated heterocycles. The Morgan fingerprint density at radius 3 is 1.96 bits per heavy atom. The Bertz CT molecular complexity index is 430. The molecule has 0 rings (SSSR count).